The zero-order chi connectivity index (χ0) is 12.4. The Morgan fingerprint density at radius 1 is 1.47 bits per heavy atom. The van der Waals surface area contributed by atoms with E-state index in [-0.39, 0.29) is 12.7 Å². The molecule has 0 saturated carbocycles. The van der Waals surface area contributed by atoms with Crippen molar-refractivity contribution in [1.29, 1.82) is 0 Å². The summed E-state index contributed by atoms with van der Waals surface area (Å²) in [5, 5.41) is 11.7. The number of ether oxygens (including phenoxy) is 2. The van der Waals surface area contributed by atoms with Gasteiger partial charge >= 0.3 is 0 Å². The maximum atomic E-state index is 11.2. The number of amides is 1. The molecule has 1 aromatic rings. The molecule has 0 spiro atoms. The number of fused-ring (bicyclic) bond motifs is 1. The number of rotatable bonds is 3. The van der Waals surface area contributed by atoms with Crippen molar-refractivity contribution in [2.24, 2.45) is 0 Å². The molecule has 2 rings (SSSR count). The number of nitrogens with one attached hydrogen (secondary N) is 1. The molecule has 1 heterocycles. The van der Waals surface area contributed by atoms with Gasteiger partial charge in [-0.1, -0.05) is 0 Å². The summed E-state index contributed by atoms with van der Waals surface area (Å²) >= 11 is 0. The van der Waals surface area contributed by atoms with Crippen LogP contribution in [0.1, 0.15) is 18.1 Å². The van der Waals surface area contributed by atoms with Crippen LogP contribution in [0.3, 0.4) is 0 Å². The maximum absolute atomic E-state index is 11.2. The Kier molecular flexibility index (Phi) is 3.19. The molecule has 0 fully saturated rings. The third-order valence-electron chi connectivity index (χ3n) is 2.66. The third-order valence-corrected chi connectivity index (χ3v) is 2.66. The van der Waals surface area contributed by atoms with Crippen molar-refractivity contribution in [1.82, 2.24) is 5.32 Å². The average Bonchev–Trinajstić information content (AvgIpc) is 2.72. The lowest BCUT2D eigenvalue weighted by atomic mass is 10.1. The molecule has 1 amide bonds. The van der Waals surface area contributed by atoms with E-state index < -0.39 is 6.10 Å². The van der Waals surface area contributed by atoms with Crippen LogP contribution in [-0.4, -0.2) is 23.9 Å². The first-order valence-corrected chi connectivity index (χ1v) is 5.43. The lowest BCUT2D eigenvalue weighted by molar-refractivity contribution is -0.128. The molecule has 0 aliphatic carbocycles. The zero-order valence-corrected chi connectivity index (χ0v) is 9.82. The minimum absolute atomic E-state index is 0.234. The van der Waals surface area contributed by atoms with Gasteiger partial charge in [0.05, 0.1) is 0 Å². The Labute approximate surface area is 99.3 Å². The Balaban J connectivity index is 2.09. The summed E-state index contributed by atoms with van der Waals surface area (Å²) in [6.07, 6.45) is -0.996. The number of carbonyl (C=O) groups is 1. The summed E-state index contributed by atoms with van der Waals surface area (Å²) in [6.45, 7) is 3.97. The minimum atomic E-state index is -0.996. The number of aliphatic hydroxyl groups is 1. The van der Waals surface area contributed by atoms with Crippen molar-refractivity contribution in [3.8, 4) is 11.5 Å². The monoisotopic (exact) mass is 237 g/mol. The van der Waals surface area contributed by atoms with Crippen LogP contribution in [0, 0.1) is 6.92 Å². The fourth-order valence-electron chi connectivity index (χ4n) is 1.61. The summed E-state index contributed by atoms with van der Waals surface area (Å²) in [5.74, 6) is 1.03. The lowest BCUT2D eigenvalue weighted by Gasteiger charge is -2.10. The number of hydrogen-bond donors (Lipinski definition) is 2. The molecular weight excluding hydrogens is 222 g/mol. The van der Waals surface area contributed by atoms with E-state index in [1.807, 2.05) is 19.1 Å². The normalized spacial score (nSPS) is 14.5. The van der Waals surface area contributed by atoms with Crippen molar-refractivity contribution < 1.29 is 19.4 Å². The fraction of sp³-hybridized carbons (Fsp3) is 0.417. The van der Waals surface area contributed by atoms with E-state index in [9.17, 15) is 4.79 Å². The lowest BCUT2D eigenvalue weighted by Crippen LogP contribution is -2.32. The van der Waals surface area contributed by atoms with E-state index in [0.29, 0.717) is 12.3 Å². The van der Waals surface area contributed by atoms with Gasteiger partial charge in [-0.05, 0) is 37.1 Å². The first kappa shape index (κ1) is 11.7. The summed E-state index contributed by atoms with van der Waals surface area (Å²) in [7, 11) is 0. The highest BCUT2D eigenvalue weighted by molar-refractivity contribution is 5.80. The quantitative estimate of drug-likeness (QED) is 0.813. The van der Waals surface area contributed by atoms with Crippen LogP contribution in [0.25, 0.3) is 0 Å². The van der Waals surface area contributed by atoms with Gasteiger partial charge in [-0.15, -0.1) is 0 Å². The molecule has 5 heteroatoms. The van der Waals surface area contributed by atoms with Gasteiger partial charge in [0, 0.05) is 6.54 Å². The summed E-state index contributed by atoms with van der Waals surface area (Å²) in [6, 6.07) is 3.73. The van der Waals surface area contributed by atoms with E-state index in [1.54, 1.807) is 0 Å². The Morgan fingerprint density at radius 2 is 2.12 bits per heavy atom. The number of carbonyl (C=O) groups excluding carboxylic acids is 1. The van der Waals surface area contributed by atoms with Crippen molar-refractivity contribution >= 4 is 5.91 Å². The van der Waals surface area contributed by atoms with E-state index in [4.69, 9.17) is 14.6 Å². The second-order valence-corrected chi connectivity index (χ2v) is 4.03. The average molecular weight is 237 g/mol. The van der Waals surface area contributed by atoms with Crippen molar-refractivity contribution in [2.45, 2.75) is 26.5 Å². The van der Waals surface area contributed by atoms with Crippen molar-refractivity contribution in [2.75, 3.05) is 6.79 Å². The van der Waals surface area contributed by atoms with Crippen LogP contribution in [0.15, 0.2) is 12.1 Å². The smallest absolute Gasteiger partial charge is 0.248 e. The summed E-state index contributed by atoms with van der Waals surface area (Å²) in [4.78, 5) is 11.2. The molecule has 5 nitrogen and oxygen atoms in total. The molecule has 1 atom stereocenters. The molecule has 0 saturated heterocycles. The fourth-order valence-corrected chi connectivity index (χ4v) is 1.61. The Bertz CT molecular complexity index is 442. The molecule has 0 aromatic heterocycles. The van der Waals surface area contributed by atoms with Crippen LogP contribution in [0.4, 0.5) is 0 Å². The van der Waals surface area contributed by atoms with Gasteiger partial charge in [0.25, 0.3) is 0 Å². The molecule has 2 N–H and O–H groups in total. The van der Waals surface area contributed by atoms with Gasteiger partial charge in [-0.3, -0.25) is 4.79 Å². The van der Waals surface area contributed by atoms with Gasteiger partial charge in [-0.2, -0.15) is 0 Å². The molecule has 0 radical (unpaired) electrons. The summed E-state index contributed by atoms with van der Waals surface area (Å²) in [5.41, 5.74) is 1.96. The Hall–Kier alpha value is -1.75. The van der Waals surface area contributed by atoms with Gasteiger partial charge in [-0.25, -0.2) is 0 Å². The van der Waals surface area contributed by atoms with Gasteiger partial charge in [0.2, 0.25) is 12.7 Å². The predicted molar refractivity (Wildman–Crippen MR) is 60.8 cm³/mol. The van der Waals surface area contributed by atoms with Crippen LogP contribution >= 0.6 is 0 Å². The first-order valence-electron chi connectivity index (χ1n) is 5.43. The van der Waals surface area contributed by atoms with E-state index in [2.05, 4.69) is 5.32 Å². The topological polar surface area (TPSA) is 67.8 Å². The number of benzene rings is 1. The van der Waals surface area contributed by atoms with Crippen LogP contribution in [0.5, 0.6) is 11.5 Å². The summed E-state index contributed by atoms with van der Waals surface area (Å²) < 4.78 is 10.5. The largest absolute Gasteiger partial charge is 0.454 e. The van der Waals surface area contributed by atoms with Gasteiger partial charge in [0.1, 0.15) is 6.10 Å². The van der Waals surface area contributed by atoms with Gasteiger partial charge < -0.3 is 19.9 Å². The molecule has 1 unspecified atom stereocenters. The zero-order valence-electron chi connectivity index (χ0n) is 9.82. The molecule has 1 aliphatic rings. The van der Waals surface area contributed by atoms with E-state index in [1.165, 1.54) is 6.92 Å². The number of aryl methyl sites for hydroxylation is 1. The highest BCUT2D eigenvalue weighted by Gasteiger charge is 2.16. The second kappa shape index (κ2) is 4.63. The third kappa shape index (κ3) is 2.50. The highest BCUT2D eigenvalue weighted by atomic mass is 16.7. The minimum Gasteiger partial charge on any atom is -0.454 e. The SMILES string of the molecule is Cc1cc2c(cc1CNC(=O)C(C)O)OCO2. The first-order chi connectivity index (χ1) is 8.08. The molecule has 92 valence electrons. The highest BCUT2D eigenvalue weighted by Crippen LogP contribution is 2.34. The predicted octanol–water partition coefficient (Wildman–Crippen LogP) is 0.721. The number of aliphatic hydroxyl groups excluding tert-OH is 1. The van der Waals surface area contributed by atoms with E-state index >= 15 is 0 Å². The molecule has 0 bridgehead atoms. The number of hydrogen-bond acceptors (Lipinski definition) is 4. The molecule has 17 heavy (non-hydrogen) atoms. The van der Waals surface area contributed by atoms with Crippen LogP contribution in [0.2, 0.25) is 0 Å². The van der Waals surface area contributed by atoms with Gasteiger partial charge in [0.15, 0.2) is 11.5 Å². The van der Waals surface area contributed by atoms with E-state index in [0.717, 1.165) is 16.9 Å². The molecular formula is C12H15NO4. The molecule has 1 aromatic carbocycles. The van der Waals surface area contributed by atoms with Crippen LogP contribution in [-0.2, 0) is 11.3 Å². The maximum Gasteiger partial charge on any atom is 0.248 e. The standard InChI is InChI=1S/C12H15NO4/c1-7-3-10-11(17-6-16-10)4-9(7)5-13-12(15)8(2)14/h3-4,8,14H,5-6H2,1-2H3,(H,13,15). The molecule has 1 aliphatic heterocycles. The second-order valence-electron chi connectivity index (χ2n) is 4.03. The van der Waals surface area contributed by atoms with Crippen molar-refractivity contribution in [3.05, 3.63) is 23.3 Å². The van der Waals surface area contributed by atoms with Crippen molar-refractivity contribution in [3.63, 3.8) is 0 Å². The van der Waals surface area contributed by atoms with Crippen LogP contribution < -0.4 is 14.8 Å². The Morgan fingerprint density at radius 3 is 2.76 bits per heavy atom.